The van der Waals surface area contributed by atoms with E-state index in [1.165, 1.54) is 0 Å². The van der Waals surface area contributed by atoms with Crippen molar-refractivity contribution in [1.82, 2.24) is 0 Å². The van der Waals surface area contributed by atoms with Gasteiger partial charge in [0, 0.05) is 0 Å². The first-order valence-corrected chi connectivity index (χ1v) is 5.06. The fourth-order valence-electron chi connectivity index (χ4n) is 1.04. The second-order valence-corrected chi connectivity index (χ2v) is 3.81. The minimum atomic E-state index is -7.08. The molecule has 0 heterocycles. The highest BCUT2D eigenvalue weighted by molar-refractivity contribution is 5.65. The first-order chi connectivity index (χ1) is 10.0. The smallest absolute Gasteiger partial charge is 0.446 e. The van der Waals surface area contributed by atoms with E-state index in [4.69, 9.17) is 0 Å². The van der Waals surface area contributed by atoms with Crippen molar-refractivity contribution in [2.45, 2.75) is 30.0 Å². The molecule has 136 valence electrons. The van der Waals surface area contributed by atoms with E-state index in [2.05, 4.69) is 20.9 Å². The Balaban J connectivity index is 5.63. The van der Waals surface area contributed by atoms with Gasteiger partial charge < -0.3 is 20.9 Å². The van der Waals surface area contributed by atoms with E-state index in [0.717, 1.165) is 0 Å². The number of rotatable bonds is 7. The highest BCUT2D eigenvalue weighted by Gasteiger charge is 2.84. The number of carbonyl (C=O) groups excluding carboxylic acids is 2. The van der Waals surface area contributed by atoms with Crippen LogP contribution in [0.15, 0.2) is 0 Å². The van der Waals surface area contributed by atoms with Crippen LogP contribution in [-0.2, 0) is 9.47 Å². The summed E-state index contributed by atoms with van der Waals surface area (Å²) >= 11 is 0. The number of halogens is 9. The molecule has 0 fully saturated rings. The molecule has 0 saturated heterocycles. The van der Waals surface area contributed by atoms with Crippen molar-refractivity contribution >= 4 is 12.2 Å². The van der Waals surface area contributed by atoms with Crippen LogP contribution >= 0.6 is 0 Å². The second-order valence-electron chi connectivity index (χ2n) is 3.81. The first kappa shape index (κ1) is 20.9. The topological polar surface area (TPSA) is 105 Å². The second kappa shape index (κ2) is 6.19. The monoisotopic (exact) mass is 366 g/mol. The summed E-state index contributed by atoms with van der Waals surface area (Å²) in [5, 5.41) is 0. The number of carbonyl (C=O) groups is 2. The predicted octanol–water partition coefficient (Wildman–Crippen LogP) is 2.01. The summed E-state index contributed by atoms with van der Waals surface area (Å²) in [5.41, 5.74) is 8.12. The summed E-state index contributed by atoms with van der Waals surface area (Å²) in [4.78, 5) is 20.0. The lowest BCUT2D eigenvalue weighted by Gasteiger charge is -2.36. The number of nitrogens with two attached hydrogens (primary N) is 2. The molecular weight excluding hydrogens is 359 g/mol. The van der Waals surface area contributed by atoms with Gasteiger partial charge >= 0.3 is 36.1 Å². The average Bonchev–Trinajstić information content (AvgIpc) is 2.33. The van der Waals surface area contributed by atoms with Crippen molar-refractivity contribution < 1.29 is 58.6 Å². The van der Waals surface area contributed by atoms with Crippen LogP contribution in [0.5, 0.6) is 0 Å². The van der Waals surface area contributed by atoms with E-state index in [1.54, 1.807) is 0 Å². The number of hydrogen-bond acceptors (Lipinski definition) is 4. The molecule has 0 radical (unpaired) electrons. The molecule has 0 aromatic carbocycles. The molecule has 0 aromatic heterocycles. The molecule has 6 nitrogen and oxygen atoms in total. The van der Waals surface area contributed by atoms with E-state index < -0.39 is 48.8 Å². The van der Waals surface area contributed by atoms with Gasteiger partial charge in [0.15, 0.2) is 0 Å². The number of hydrogen-bond donors (Lipinski definition) is 2. The molecule has 15 heteroatoms. The normalized spacial score (nSPS) is 15.0. The maximum absolute atomic E-state index is 13.1. The fourth-order valence-corrected chi connectivity index (χ4v) is 1.04. The lowest BCUT2D eigenvalue weighted by molar-refractivity contribution is -0.419. The van der Waals surface area contributed by atoms with Gasteiger partial charge in [0.25, 0.3) is 0 Å². The Morgan fingerprint density at radius 2 is 1.30 bits per heavy atom. The van der Waals surface area contributed by atoms with Crippen LogP contribution in [0.25, 0.3) is 0 Å². The van der Waals surface area contributed by atoms with Gasteiger partial charge in [-0.05, 0) is 0 Å². The van der Waals surface area contributed by atoms with Gasteiger partial charge in [-0.2, -0.15) is 35.1 Å². The third-order valence-corrected chi connectivity index (χ3v) is 2.17. The van der Waals surface area contributed by atoms with Crippen molar-refractivity contribution in [3.8, 4) is 0 Å². The molecule has 4 N–H and O–H groups in total. The van der Waals surface area contributed by atoms with Crippen LogP contribution in [0.2, 0.25) is 0 Å². The largest absolute Gasteiger partial charge is 0.474 e. The van der Waals surface area contributed by atoms with E-state index in [1.807, 2.05) is 0 Å². The highest BCUT2D eigenvalue weighted by Crippen LogP contribution is 2.54. The minimum absolute atomic E-state index is 1.93. The SMILES string of the molecule is NC(=O)OCC(F)C(F)(F)C(F)(F)C(F)(F)C(F)(F)OC(N)=O. The predicted molar refractivity (Wildman–Crippen MR) is 50.9 cm³/mol. The van der Waals surface area contributed by atoms with Gasteiger partial charge in [-0.3, -0.25) is 0 Å². The Morgan fingerprint density at radius 1 is 0.870 bits per heavy atom. The van der Waals surface area contributed by atoms with Gasteiger partial charge in [-0.15, -0.1) is 0 Å². The Labute approximate surface area is 120 Å². The lowest BCUT2D eigenvalue weighted by Crippen LogP contribution is -2.66. The van der Waals surface area contributed by atoms with Crippen molar-refractivity contribution in [2.75, 3.05) is 6.61 Å². The number of amides is 2. The third kappa shape index (κ3) is 3.82. The molecule has 0 rings (SSSR count). The Hall–Kier alpha value is -2.09. The van der Waals surface area contributed by atoms with Crippen molar-refractivity contribution in [3.05, 3.63) is 0 Å². The van der Waals surface area contributed by atoms with Gasteiger partial charge in [-0.25, -0.2) is 14.0 Å². The van der Waals surface area contributed by atoms with Gasteiger partial charge in [0.05, 0.1) is 0 Å². The molecule has 1 atom stereocenters. The minimum Gasteiger partial charge on any atom is -0.446 e. The molecule has 0 aliphatic carbocycles. The molecule has 0 bridgehead atoms. The standard InChI is InChI=1S/C8H7F9N2O4/c9-2(1-22-3(18)20)5(10,11)6(12,13)7(14,15)8(16,17)23-4(19)21/h2H,1H2,(H2,18,20)(H2,19,21). The zero-order valence-corrected chi connectivity index (χ0v) is 10.5. The summed E-state index contributed by atoms with van der Waals surface area (Å²) in [6.45, 7) is -2.24. The molecule has 2 amide bonds. The zero-order valence-electron chi connectivity index (χ0n) is 10.5. The summed E-state index contributed by atoms with van der Waals surface area (Å²) in [6.07, 6.45) is -15.5. The average molecular weight is 366 g/mol. The van der Waals surface area contributed by atoms with Crippen LogP contribution in [0, 0.1) is 0 Å². The molecule has 0 aliphatic heterocycles. The van der Waals surface area contributed by atoms with Crippen LogP contribution in [-0.4, -0.2) is 48.8 Å². The summed E-state index contributed by atoms with van der Waals surface area (Å²) in [6, 6.07) is 0. The summed E-state index contributed by atoms with van der Waals surface area (Å²) in [7, 11) is 0. The summed E-state index contributed by atoms with van der Waals surface area (Å²) < 4.78 is 122. The molecule has 0 saturated carbocycles. The van der Waals surface area contributed by atoms with Crippen molar-refractivity contribution in [3.63, 3.8) is 0 Å². The highest BCUT2D eigenvalue weighted by atomic mass is 19.4. The van der Waals surface area contributed by atoms with E-state index in [0.29, 0.717) is 0 Å². The van der Waals surface area contributed by atoms with E-state index in [-0.39, 0.29) is 0 Å². The van der Waals surface area contributed by atoms with Crippen LogP contribution in [0.1, 0.15) is 0 Å². The zero-order chi connectivity index (χ0) is 18.9. The first-order valence-electron chi connectivity index (χ1n) is 5.06. The third-order valence-electron chi connectivity index (χ3n) is 2.17. The fraction of sp³-hybridized carbons (Fsp3) is 0.750. The molecule has 23 heavy (non-hydrogen) atoms. The maximum Gasteiger partial charge on any atom is 0.474 e. The molecular formula is C8H7F9N2O4. The van der Waals surface area contributed by atoms with Gasteiger partial charge in [0.2, 0.25) is 6.17 Å². The van der Waals surface area contributed by atoms with Crippen molar-refractivity contribution in [2.24, 2.45) is 11.5 Å². The molecule has 0 aromatic rings. The quantitative estimate of drug-likeness (QED) is 0.673. The number of ether oxygens (including phenoxy) is 2. The van der Waals surface area contributed by atoms with Gasteiger partial charge in [-0.1, -0.05) is 0 Å². The number of alkyl halides is 9. The molecule has 1 unspecified atom stereocenters. The Morgan fingerprint density at radius 3 is 1.65 bits per heavy atom. The van der Waals surface area contributed by atoms with Gasteiger partial charge in [0.1, 0.15) is 6.61 Å². The van der Waals surface area contributed by atoms with Crippen LogP contribution < -0.4 is 11.5 Å². The number of primary amides is 2. The van der Waals surface area contributed by atoms with E-state index >= 15 is 0 Å². The lowest BCUT2D eigenvalue weighted by atomic mass is 9.99. The molecule has 0 spiro atoms. The summed E-state index contributed by atoms with van der Waals surface area (Å²) in [5.74, 6) is -20.6. The Kier molecular flexibility index (Phi) is 5.63. The van der Waals surface area contributed by atoms with Crippen LogP contribution in [0.4, 0.5) is 49.1 Å². The molecule has 0 aliphatic rings. The Bertz CT molecular complexity index is 470. The van der Waals surface area contributed by atoms with E-state index in [9.17, 15) is 49.1 Å². The van der Waals surface area contributed by atoms with Crippen LogP contribution in [0.3, 0.4) is 0 Å². The maximum atomic E-state index is 13.1. The van der Waals surface area contributed by atoms with Crippen molar-refractivity contribution in [1.29, 1.82) is 0 Å².